The fourth-order valence-electron chi connectivity index (χ4n) is 5.14. The molecule has 2 aliphatic carbocycles. The van der Waals surface area contributed by atoms with Gasteiger partial charge in [0.25, 0.3) is 0 Å². The molecule has 2 aliphatic rings. The van der Waals surface area contributed by atoms with E-state index in [2.05, 4.69) is 24.3 Å². The molecule has 2 saturated carbocycles. The number of phenolic OH excluding ortho intramolecular Hbond substituents is 2. The predicted molar refractivity (Wildman–Crippen MR) is 96.2 cm³/mol. The third-order valence-electron chi connectivity index (χ3n) is 6.27. The third kappa shape index (κ3) is 3.02. The Bertz CT molecular complexity index is 629. The van der Waals surface area contributed by atoms with Crippen molar-refractivity contribution >= 4 is 0 Å². The molecule has 0 spiro atoms. The van der Waals surface area contributed by atoms with Gasteiger partial charge in [-0.3, -0.25) is 0 Å². The highest BCUT2D eigenvalue weighted by molar-refractivity contribution is 5.38. The van der Waals surface area contributed by atoms with Crippen molar-refractivity contribution in [3.63, 3.8) is 0 Å². The van der Waals surface area contributed by atoms with Crippen LogP contribution >= 0.6 is 0 Å². The maximum absolute atomic E-state index is 9.66. The van der Waals surface area contributed by atoms with Gasteiger partial charge in [-0.15, -0.1) is 0 Å². The summed E-state index contributed by atoms with van der Waals surface area (Å²) in [5.74, 6) is 3.42. The van der Waals surface area contributed by atoms with E-state index in [1.807, 2.05) is 0 Å². The van der Waals surface area contributed by atoms with Gasteiger partial charge in [-0.25, -0.2) is 0 Å². The summed E-state index contributed by atoms with van der Waals surface area (Å²) in [6, 6.07) is 15.5. The molecule has 126 valence electrons. The zero-order valence-corrected chi connectivity index (χ0v) is 14.1. The highest BCUT2D eigenvalue weighted by Gasteiger charge is 2.38. The van der Waals surface area contributed by atoms with E-state index >= 15 is 0 Å². The maximum Gasteiger partial charge on any atom is 0.115 e. The molecule has 1 unspecified atom stereocenters. The first kappa shape index (κ1) is 15.6. The monoisotopic (exact) mass is 322 g/mol. The van der Waals surface area contributed by atoms with Gasteiger partial charge in [0.05, 0.1) is 0 Å². The molecule has 24 heavy (non-hydrogen) atoms. The first-order valence-corrected chi connectivity index (χ1v) is 9.28. The van der Waals surface area contributed by atoms with Gasteiger partial charge < -0.3 is 10.2 Å². The van der Waals surface area contributed by atoms with Gasteiger partial charge in [0.2, 0.25) is 0 Å². The number of fused-ring (bicyclic) bond motifs is 2. The Hall–Kier alpha value is -1.96. The molecule has 0 heterocycles. The maximum atomic E-state index is 9.66. The first-order chi connectivity index (χ1) is 11.7. The van der Waals surface area contributed by atoms with Crippen molar-refractivity contribution in [2.75, 3.05) is 0 Å². The number of aromatic hydroxyl groups is 2. The Kier molecular flexibility index (Phi) is 4.22. The van der Waals surface area contributed by atoms with E-state index in [4.69, 9.17) is 0 Å². The molecule has 4 rings (SSSR count). The molecule has 0 aromatic heterocycles. The zero-order chi connectivity index (χ0) is 16.5. The van der Waals surface area contributed by atoms with Crippen molar-refractivity contribution in [1.82, 2.24) is 0 Å². The first-order valence-electron chi connectivity index (χ1n) is 9.28. The van der Waals surface area contributed by atoms with Crippen molar-refractivity contribution in [3.8, 4) is 11.5 Å². The minimum atomic E-state index is 0.324. The van der Waals surface area contributed by atoms with Gasteiger partial charge in [-0.1, -0.05) is 49.9 Å². The van der Waals surface area contributed by atoms with Gasteiger partial charge >= 0.3 is 0 Å². The lowest BCUT2D eigenvalue weighted by Crippen LogP contribution is -2.33. The van der Waals surface area contributed by atoms with Crippen LogP contribution in [0.5, 0.6) is 11.5 Å². The average molecular weight is 322 g/mol. The normalized spacial score (nSPS) is 26.5. The van der Waals surface area contributed by atoms with Crippen LogP contribution in [0.25, 0.3) is 0 Å². The fraction of sp³-hybridized carbons (Fsp3) is 0.455. The summed E-state index contributed by atoms with van der Waals surface area (Å²) in [5.41, 5.74) is 2.57. The Morgan fingerprint density at radius 3 is 1.88 bits per heavy atom. The van der Waals surface area contributed by atoms with Crippen molar-refractivity contribution in [1.29, 1.82) is 0 Å². The van der Waals surface area contributed by atoms with Crippen LogP contribution in [0.4, 0.5) is 0 Å². The third-order valence-corrected chi connectivity index (χ3v) is 6.27. The van der Waals surface area contributed by atoms with Gasteiger partial charge in [0, 0.05) is 5.92 Å². The highest BCUT2D eigenvalue weighted by atomic mass is 16.3. The largest absolute Gasteiger partial charge is 0.508 e. The molecule has 2 aromatic carbocycles. The average Bonchev–Trinajstić information content (AvgIpc) is 2.60. The molecule has 0 aliphatic heterocycles. The number of hydrogen-bond acceptors (Lipinski definition) is 2. The molecule has 0 amide bonds. The van der Waals surface area contributed by atoms with E-state index in [0.717, 1.165) is 11.8 Å². The fourth-order valence-corrected chi connectivity index (χ4v) is 5.14. The van der Waals surface area contributed by atoms with Crippen LogP contribution in [0.1, 0.15) is 55.6 Å². The summed E-state index contributed by atoms with van der Waals surface area (Å²) in [7, 11) is 0. The SMILES string of the molecule is Oc1ccc(C(c2ccc(O)cc2)C2CC[C@H]3CCC[C@@H]2C3)cc1. The minimum Gasteiger partial charge on any atom is -0.508 e. The number of phenols is 2. The van der Waals surface area contributed by atoms with Gasteiger partial charge in [0.15, 0.2) is 0 Å². The van der Waals surface area contributed by atoms with E-state index in [1.54, 1.807) is 24.3 Å². The predicted octanol–water partition coefficient (Wildman–Crippen LogP) is 5.45. The molecule has 2 aromatic rings. The molecule has 2 heteroatoms. The molecule has 3 atom stereocenters. The van der Waals surface area contributed by atoms with Crippen LogP contribution in [-0.4, -0.2) is 10.2 Å². The summed E-state index contributed by atoms with van der Waals surface area (Å²) in [4.78, 5) is 0. The van der Waals surface area contributed by atoms with E-state index in [9.17, 15) is 10.2 Å². The lowest BCUT2D eigenvalue weighted by atomic mass is 9.61. The van der Waals surface area contributed by atoms with E-state index < -0.39 is 0 Å². The second-order valence-electron chi connectivity index (χ2n) is 7.69. The summed E-state index contributed by atoms with van der Waals surface area (Å²) in [6.07, 6.45) is 8.19. The van der Waals surface area contributed by atoms with Crippen molar-refractivity contribution in [3.05, 3.63) is 59.7 Å². The number of rotatable bonds is 3. The van der Waals surface area contributed by atoms with Gasteiger partial charge in [0.1, 0.15) is 11.5 Å². The summed E-state index contributed by atoms with van der Waals surface area (Å²) >= 11 is 0. The standard InChI is InChI=1S/C22H26O2/c23-19-9-5-16(6-10-19)22(17-7-11-20(24)12-8-17)21-13-4-15-2-1-3-18(21)14-15/h5-12,15,18,21-24H,1-4,13-14H2/t15-,18-,21?/m1/s1. The Morgan fingerprint density at radius 2 is 1.29 bits per heavy atom. The molecule has 0 radical (unpaired) electrons. The topological polar surface area (TPSA) is 40.5 Å². The second kappa shape index (κ2) is 6.51. The highest BCUT2D eigenvalue weighted by Crippen LogP contribution is 2.50. The number of benzene rings is 2. The van der Waals surface area contributed by atoms with E-state index in [0.29, 0.717) is 23.3 Å². The van der Waals surface area contributed by atoms with Crippen LogP contribution < -0.4 is 0 Å². The summed E-state index contributed by atoms with van der Waals surface area (Å²) in [5, 5.41) is 19.3. The van der Waals surface area contributed by atoms with Crippen LogP contribution in [0.3, 0.4) is 0 Å². The van der Waals surface area contributed by atoms with Gasteiger partial charge in [-0.2, -0.15) is 0 Å². The van der Waals surface area contributed by atoms with Crippen LogP contribution in [-0.2, 0) is 0 Å². The zero-order valence-electron chi connectivity index (χ0n) is 14.1. The van der Waals surface area contributed by atoms with E-state index in [-0.39, 0.29) is 0 Å². The summed E-state index contributed by atoms with van der Waals surface area (Å²) < 4.78 is 0. The molecule has 2 fully saturated rings. The van der Waals surface area contributed by atoms with Crippen molar-refractivity contribution < 1.29 is 10.2 Å². The molecule has 0 saturated heterocycles. The molecule has 2 nitrogen and oxygen atoms in total. The molecular formula is C22H26O2. The smallest absolute Gasteiger partial charge is 0.115 e. The van der Waals surface area contributed by atoms with Crippen LogP contribution in [0, 0.1) is 17.8 Å². The Labute approximate surface area is 144 Å². The van der Waals surface area contributed by atoms with E-state index in [1.165, 1.54) is 49.7 Å². The molecular weight excluding hydrogens is 296 g/mol. The second-order valence-corrected chi connectivity index (χ2v) is 7.69. The summed E-state index contributed by atoms with van der Waals surface area (Å²) in [6.45, 7) is 0. The lowest BCUT2D eigenvalue weighted by molar-refractivity contribution is 0.111. The van der Waals surface area contributed by atoms with Crippen molar-refractivity contribution in [2.45, 2.75) is 44.4 Å². The van der Waals surface area contributed by atoms with Crippen LogP contribution in [0.15, 0.2) is 48.5 Å². The molecule has 2 bridgehead atoms. The van der Waals surface area contributed by atoms with Crippen LogP contribution in [0.2, 0.25) is 0 Å². The van der Waals surface area contributed by atoms with Crippen molar-refractivity contribution in [2.24, 2.45) is 17.8 Å². The quantitative estimate of drug-likeness (QED) is 0.789. The Morgan fingerprint density at radius 1 is 0.708 bits per heavy atom. The Balaban J connectivity index is 1.72. The molecule has 2 N–H and O–H groups in total. The number of hydrogen-bond donors (Lipinski definition) is 2. The minimum absolute atomic E-state index is 0.324. The lowest BCUT2D eigenvalue weighted by Gasteiger charge is -2.44. The van der Waals surface area contributed by atoms with Gasteiger partial charge in [-0.05, 0) is 66.0 Å².